The maximum Gasteiger partial charge on any atom is 0.122 e. The molecule has 0 radical (unpaired) electrons. The summed E-state index contributed by atoms with van der Waals surface area (Å²) in [6.07, 6.45) is 5.20. The minimum atomic E-state index is 0.139. The van der Waals surface area contributed by atoms with Crippen molar-refractivity contribution in [3.05, 3.63) is 59.5 Å². The van der Waals surface area contributed by atoms with E-state index < -0.39 is 0 Å². The normalized spacial score (nSPS) is 10.4. The first kappa shape index (κ1) is 21.1. The summed E-state index contributed by atoms with van der Waals surface area (Å²) in [4.78, 5) is 4.83. The van der Waals surface area contributed by atoms with E-state index in [-0.39, 0.29) is 11.8 Å². The minimum Gasteiger partial charge on any atom is -0.508 e. The molecule has 27 heavy (non-hydrogen) atoms. The number of aromatic nitrogens is 3. The van der Waals surface area contributed by atoms with Crippen molar-refractivity contribution in [2.24, 2.45) is 0 Å². The van der Waals surface area contributed by atoms with Gasteiger partial charge >= 0.3 is 0 Å². The highest BCUT2D eigenvalue weighted by molar-refractivity contribution is 7.99. The zero-order valence-corrected chi connectivity index (χ0v) is 17.5. The highest BCUT2D eigenvalue weighted by Crippen LogP contribution is 2.36. The third-order valence-electron chi connectivity index (χ3n) is 3.42. The summed E-state index contributed by atoms with van der Waals surface area (Å²) >= 11 is 7.55. The Balaban J connectivity index is 0.00000126. The molecule has 2 aromatic heterocycles. The van der Waals surface area contributed by atoms with E-state index in [1.807, 2.05) is 42.9 Å². The van der Waals surface area contributed by atoms with Crippen LogP contribution in [0.1, 0.15) is 39.3 Å². The largest absolute Gasteiger partial charge is 0.508 e. The Morgan fingerprint density at radius 1 is 1.19 bits per heavy atom. The number of phenols is 1. The van der Waals surface area contributed by atoms with Gasteiger partial charge in [0.15, 0.2) is 0 Å². The molecule has 0 unspecified atom stereocenters. The molecule has 0 aliphatic rings. The number of hydrogen-bond donors (Lipinski definition) is 1. The second kappa shape index (κ2) is 10.2. The van der Waals surface area contributed by atoms with Crippen LogP contribution in [0.4, 0.5) is 0 Å². The van der Waals surface area contributed by atoms with Gasteiger partial charge < -0.3 is 9.84 Å². The highest BCUT2D eigenvalue weighted by atomic mass is 35.5. The third kappa shape index (κ3) is 5.91. The van der Waals surface area contributed by atoms with E-state index in [4.69, 9.17) is 16.3 Å². The summed E-state index contributed by atoms with van der Waals surface area (Å²) in [6.45, 7) is 8.53. The molecule has 0 atom stereocenters. The van der Waals surface area contributed by atoms with Gasteiger partial charge in [0.2, 0.25) is 0 Å². The Morgan fingerprint density at radius 2 is 1.89 bits per heavy atom. The molecule has 1 N–H and O–H groups in total. The van der Waals surface area contributed by atoms with Crippen molar-refractivity contribution in [1.82, 2.24) is 14.8 Å². The standard InChI is InChI=1S/C18H18ClN3O2S.C2H6/c1-12(2)22-18(25-17-8-14(19)7-15(23)9-17)13(10-21-22)11-24-16-3-5-20-6-4-16;1-2/h3-10,12,23H,11H2,1-2H3;1-2H3. The molecule has 7 heteroatoms. The van der Waals surface area contributed by atoms with Crippen molar-refractivity contribution < 1.29 is 9.84 Å². The predicted octanol–water partition coefficient (Wildman–Crippen LogP) is 5.97. The topological polar surface area (TPSA) is 60.2 Å². The van der Waals surface area contributed by atoms with Crippen LogP contribution in [0.25, 0.3) is 0 Å². The molecule has 1 aromatic carbocycles. The number of halogens is 1. The first-order valence-corrected chi connectivity index (χ1v) is 9.99. The number of hydrogen-bond acceptors (Lipinski definition) is 5. The fourth-order valence-corrected chi connectivity index (χ4v) is 3.76. The van der Waals surface area contributed by atoms with Gasteiger partial charge in [-0.05, 0) is 44.2 Å². The van der Waals surface area contributed by atoms with Crippen LogP contribution in [0.5, 0.6) is 11.5 Å². The molecule has 0 fully saturated rings. The number of pyridine rings is 1. The monoisotopic (exact) mass is 405 g/mol. The third-order valence-corrected chi connectivity index (χ3v) is 4.76. The molecule has 0 saturated heterocycles. The number of phenolic OH excluding ortho intramolecular Hbond substituents is 1. The molecule has 3 aromatic rings. The van der Waals surface area contributed by atoms with Crippen LogP contribution in [-0.2, 0) is 6.61 Å². The van der Waals surface area contributed by atoms with Crippen LogP contribution in [0.15, 0.2) is 58.8 Å². The average Bonchev–Trinajstić information content (AvgIpc) is 3.04. The van der Waals surface area contributed by atoms with Gasteiger partial charge in [0.05, 0.1) is 6.20 Å². The smallest absolute Gasteiger partial charge is 0.122 e. The number of rotatable bonds is 6. The number of aromatic hydroxyl groups is 1. The first-order valence-electron chi connectivity index (χ1n) is 8.79. The van der Waals surface area contributed by atoms with Crippen molar-refractivity contribution in [1.29, 1.82) is 0 Å². The van der Waals surface area contributed by atoms with Crippen molar-refractivity contribution in [2.75, 3.05) is 0 Å². The van der Waals surface area contributed by atoms with Gasteiger partial charge in [-0.3, -0.25) is 9.67 Å². The molecule has 0 spiro atoms. The quantitative estimate of drug-likeness (QED) is 0.547. The number of ether oxygens (including phenoxy) is 1. The van der Waals surface area contributed by atoms with Crippen molar-refractivity contribution in [3.8, 4) is 11.5 Å². The second-order valence-electron chi connectivity index (χ2n) is 5.73. The fraction of sp³-hybridized carbons (Fsp3) is 0.300. The van der Waals surface area contributed by atoms with E-state index in [1.165, 1.54) is 17.8 Å². The highest BCUT2D eigenvalue weighted by Gasteiger charge is 2.16. The zero-order chi connectivity index (χ0) is 19.8. The van der Waals surface area contributed by atoms with E-state index >= 15 is 0 Å². The van der Waals surface area contributed by atoms with Gasteiger partial charge in [-0.25, -0.2) is 0 Å². The lowest BCUT2D eigenvalue weighted by molar-refractivity contribution is 0.301. The summed E-state index contributed by atoms with van der Waals surface area (Å²) in [5, 5.41) is 15.7. The van der Waals surface area contributed by atoms with Gasteiger partial charge in [-0.1, -0.05) is 37.2 Å². The Labute approximate surface area is 169 Å². The molecule has 144 valence electrons. The van der Waals surface area contributed by atoms with Gasteiger partial charge in [0, 0.05) is 33.9 Å². The van der Waals surface area contributed by atoms with Gasteiger partial charge in [0.25, 0.3) is 0 Å². The first-order chi connectivity index (χ1) is 13.0. The lowest BCUT2D eigenvalue weighted by Gasteiger charge is -2.13. The molecule has 0 amide bonds. The van der Waals surface area contributed by atoms with E-state index in [9.17, 15) is 5.11 Å². The molecule has 0 aliphatic carbocycles. The Hall–Kier alpha value is -2.18. The second-order valence-corrected chi connectivity index (χ2v) is 7.23. The zero-order valence-electron chi connectivity index (χ0n) is 15.9. The molecule has 5 nitrogen and oxygen atoms in total. The summed E-state index contributed by atoms with van der Waals surface area (Å²) in [5.74, 6) is 0.892. The molecule has 0 saturated carbocycles. The number of nitrogens with zero attached hydrogens (tertiary/aromatic N) is 3. The fourth-order valence-electron chi connectivity index (χ4n) is 2.28. The van der Waals surface area contributed by atoms with E-state index in [0.717, 1.165) is 21.2 Å². The molecular formula is C20H24ClN3O2S. The molecule has 2 heterocycles. The van der Waals surface area contributed by atoms with Crippen LogP contribution in [0.2, 0.25) is 5.02 Å². The maximum atomic E-state index is 9.77. The number of benzene rings is 1. The van der Waals surface area contributed by atoms with Crippen LogP contribution in [0, 0.1) is 0 Å². The summed E-state index contributed by atoms with van der Waals surface area (Å²) in [5.41, 5.74) is 0.968. The predicted molar refractivity (Wildman–Crippen MR) is 110 cm³/mol. The van der Waals surface area contributed by atoms with E-state index in [1.54, 1.807) is 18.5 Å². The Bertz CT molecular complexity index is 833. The lowest BCUT2D eigenvalue weighted by atomic mass is 10.3. The SMILES string of the molecule is CC.CC(C)n1ncc(COc2ccncc2)c1Sc1cc(O)cc(Cl)c1. The van der Waals surface area contributed by atoms with E-state index in [2.05, 4.69) is 23.9 Å². The molecule has 0 aliphatic heterocycles. The summed E-state index contributed by atoms with van der Waals surface area (Å²) in [7, 11) is 0. The van der Waals surface area contributed by atoms with Gasteiger partial charge in [-0.2, -0.15) is 5.10 Å². The van der Waals surface area contributed by atoms with Crippen molar-refractivity contribution in [3.63, 3.8) is 0 Å². The molecular weight excluding hydrogens is 382 g/mol. The van der Waals surface area contributed by atoms with Crippen molar-refractivity contribution >= 4 is 23.4 Å². The minimum absolute atomic E-state index is 0.139. The van der Waals surface area contributed by atoms with Crippen LogP contribution in [0.3, 0.4) is 0 Å². The molecule has 3 rings (SSSR count). The van der Waals surface area contributed by atoms with Gasteiger partial charge in [-0.15, -0.1) is 0 Å². The van der Waals surface area contributed by atoms with Crippen LogP contribution < -0.4 is 4.74 Å². The maximum absolute atomic E-state index is 9.77. The van der Waals surface area contributed by atoms with Crippen LogP contribution >= 0.6 is 23.4 Å². The molecule has 0 bridgehead atoms. The Kier molecular flexibility index (Phi) is 8.00. The lowest BCUT2D eigenvalue weighted by Crippen LogP contribution is -2.05. The summed E-state index contributed by atoms with van der Waals surface area (Å²) in [6, 6.07) is 8.84. The van der Waals surface area contributed by atoms with E-state index in [0.29, 0.717) is 11.6 Å². The average molecular weight is 406 g/mol. The van der Waals surface area contributed by atoms with Gasteiger partial charge in [0.1, 0.15) is 23.1 Å². The van der Waals surface area contributed by atoms with Crippen molar-refractivity contribution in [2.45, 2.75) is 50.3 Å². The summed E-state index contributed by atoms with van der Waals surface area (Å²) < 4.78 is 7.77. The Morgan fingerprint density at radius 3 is 2.52 bits per heavy atom. The van der Waals surface area contributed by atoms with Crippen LogP contribution in [-0.4, -0.2) is 19.9 Å².